The highest BCUT2D eigenvalue weighted by Crippen LogP contribution is 2.05. The number of hydrogen-bond acceptors (Lipinski definition) is 3. The van der Waals surface area contributed by atoms with Crippen molar-refractivity contribution in [3.63, 3.8) is 0 Å². The summed E-state index contributed by atoms with van der Waals surface area (Å²) in [5.74, 6) is 0. The number of nitrogens with two attached hydrogens (primary N) is 1. The summed E-state index contributed by atoms with van der Waals surface area (Å²) in [5, 5.41) is 9.18. The van der Waals surface area contributed by atoms with Crippen LogP contribution in [0.1, 0.15) is 6.42 Å². The third kappa shape index (κ3) is 1.64. The molecule has 1 fully saturated rings. The van der Waals surface area contributed by atoms with Gasteiger partial charge in [0.1, 0.15) is 0 Å². The molecular formula is C6H14N2O. The van der Waals surface area contributed by atoms with Crippen molar-refractivity contribution in [1.82, 2.24) is 4.90 Å². The Morgan fingerprint density at radius 1 is 1.67 bits per heavy atom. The van der Waals surface area contributed by atoms with Gasteiger partial charge in [0.15, 0.2) is 0 Å². The van der Waals surface area contributed by atoms with Gasteiger partial charge in [0.2, 0.25) is 0 Å². The van der Waals surface area contributed by atoms with Gasteiger partial charge in [0.25, 0.3) is 0 Å². The standard InChI is InChI=1S/C6H14N2O/c1-8-3-2-5(7)6(9)4-8/h5-6,9H,2-4,7H2,1H3/t5-,6+/m1/s1. The van der Waals surface area contributed by atoms with Crippen LogP contribution < -0.4 is 5.73 Å². The average Bonchev–Trinajstić information content (AvgIpc) is 1.80. The van der Waals surface area contributed by atoms with Gasteiger partial charge in [0.05, 0.1) is 6.10 Å². The molecule has 0 unspecified atom stereocenters. The fourth-order valence-electron chi connectivity index (χ4n) is 1.11. The van der Waals surface area contributed by atoms with Crippen LogP contribution in [0, 0.1) is 0 Å². The predicted molar refractivity (Wildman–Crippen MR) is 36.1 cm³/mol. The minimum Gasteiger partial charge on any atom is -0.390 e. The van der Waals surface area contributed by atoms with Crippen LogP contribution in [0.2, 0.25) is 0 Å². The summed E-state index contributed by atoms with van der Waals surface area (Å²) in [6, 6.07) is 0.00111. The minimum atomic E-state index is -0.316. The zero-order valence-electron chi connectivity index (χ0n) is 5.75. The Balaban J connectivity index is 2.35. The lowest BCUT2D eigenvalue weighted by Crippen LogP contribution is -2.49. The van der Waals surface area contributed by atoms with E-state index in [2.05, 4.69) is 4.90 Å². The van der Waals surface area contributed by atoms with Crippen LogP contribution in [0.5, 0.6) is 0 Å². The van der Waals surface area contributed by atoms with Gasteiger partial charge in [-0.15, -0.1) is 0 Å². The lowest BCUT2D eigenvalue weighted by molar-refractivity contribution is 0.0661. The number of rotatable bonds is 0. The summed E-state index contributed by atoms with van der Waals surface area (Å²) in [5.41, 5.74) is 5.56. The van der Waals surface area contributed by atoms with E-state index >= 15 is 0 Å². The minimum absolute atomic E-state index is 0.00111. The summed E-state index contributed by atoms with van der Waals surface area (Å²) < 4.78 is 0. The van der Waals surface area contributed by atoms with Crippen molar-refractivity contribution in [3.8, 4) is 0 Å². The zero-order valence-corrected chi connectivity index (χ0v) is 5.75. The smallest absolute Gasteiger partial charge is 0.0818 e. The molecule has 0 bridgehead atoms. The molecule has 0 aromatic rings. The van der Waals surface area contributed by atoms with E-state index in [0.717, 1.165) is 19.5 Å². The number of aliphatic hydroxyl groups is 1. The molecule has 3 nitrogen and oxygen atoms in total. The van der Waals surface area contributed by atoms with Crippen molar-refractivity contribution >= 4 is 0 Å². The molecule has 0 radical (unpaired) electrons. The van der Waals surface area contributed by atoms with Gasteiger partial charge in [0, 0.05) is 12.6 Å². The quantitative estimate of drug-likeness (QED) is 0.442. The Kier molecular flexibility index (Phi) is 2.05. The maximum atomic E-state index is 9.18. The maximum absolute atomic E-state index is 9.18. The van der Waals surface area contributed by atoms with E-state index in [1.807, 2.05) is 7.05 Å². The van der Waals surface area contributed by atoms with Crippen LogP contribution in [-0.4, -0.2) is 42.3 Å². The van der Waals surface area contributed by atoms with Crippen LogP contribution in [0.15, 0.2) is 0 Å². The Hall–Kier alpha value is -0.120. The second-order valence-electron chi connectivity index (χ2n) is 2.78. The SMILES string of the molecule is CN1CC[C@@H](N)[C@@H](O)C1. The molecule has 3 heteroatoms. The third-order valence-corrected chi connectivity index (χ3v) is 1.84. The number of aliphatic hydroxyl groups excluding tert-OH is 1. The Labute approximate surface area is 55.5 Å². The second kappa shape index (κ2) is 2.64. The van der Waals surface area contributed by atoms with Gasteiger partial charge in [-0.1, -0.05) is 0 Å². The molecule has 3 N–H and O–H groups in total. The van der Waals surface area contributed by atoms with Crippen molar-refractivity contribution in [2.24, 2.45) is 5.73 Å². The third-order valence-electron chi connectivity index (χ3n) is 1.84. The largest absolute Gasteiger partial charge is 0.390 e. The van der Waals surface area contributed by atoms with E-state index in [9.17, 15) is 5.11 Å². The summed E-state index contributed by atoms with van der Waals surface area (Å²) in [4.78, 5) is 2.09. The van der Waals surface area contributed by atoms with Gasteiger partial charge in [-0.2, -0.15) is 0 Å². The van der Waals surface area contributed by atoms with Crippen molar-refractivity contribution < 1.29 is 5.11 Å². The van der Waals surface area contributed by atoms with E-state index in [1.54, 1.807) is 0 Å². The maximum Gasteiger partial charge on any atom is 0.0818 e. The van der Waals surface area contributed by atoms with Crippen LogP contribution in [-0.2, 0) is 0 Å². The topological polar surface area (TPSA) is 49.5 Å². The summed E-state index contributed by atoms with van der Waals surface area (Å²) in [6.45, 7) is 1.74. The molecule has 1 saturated heterocycles. The van der Waals surface area contributed by atoms with Gasteiger partial charge in [-0.3, -0.25) is 0 Å². The van der Waals surface area contributed by atoms with Crippen LogP contribution in [0.25, 0.3) is 0 Å². The Bertz CT molecular complexity index is 97.1. The van der Waals surface area contributed by atoms with E-state index < -0.39 is 0 Å². The van der Waals surface area contributed by atoms with Gasteiger partial charge in [-0.05, 0) is 20.0 Å². The van der Waals surface area contributed by atoms with E-state index in [-0.39, 0.29) is 12.1 Å². The zero-order chi connectivity index (χ0) is 6.85. The molecule has 2 atom stereocenters. The van der Waals surface area contributed by atoms with E-state index in [1.165, 1.54) is 0 Å². The van der Waals surface area contributed by atoms with Crippen molar-refractivity contribution in [2.75, 3.05) is 20.1 Å². The first-order valence-corrected chi connectivity index (χ1v) is 3.32. The molecule has 1 aliphatic heterocycles. The molecule has 0 saturated carbocycles. The first-order chi connectivity index (χ1) is 4.20. The first kappa shape index (κ1) is 6.99. The molecule has 0 amide bonds. The summed E-state index contributed by atoms with van der Waals surface area (Å²) in [7, 11) is 2.00. The average molecular weight is 130 g/mol. The van der Waals surface area contributed by atoms with Crippen LogP contribution in [0.3, 0.4) is 0 Å². The Morgan fingerprint density at radius 3 is 2.78 bits per heavy atom. The predicted octanol–water partition coefficient (Wildman–Crippen LogP) is -0.990. The molecule has 0 spiro atoms. The molecule has 1 rings (SSSR count). The first-order valence-electron chi connectivity index (χ1n) is 3.32. The number of nitrogens with zero attached hydrogens (tertiary/aromatic N) is 1. The number of likely N-dealkylation sites (tertiary alicyclic amines) is 1. The molecule has 1 heterocycles. The fourth-order valence-corrected chi connectivity index (χ4v) is 1.11. The summed E-state index contributed by atoms with van der Waals surface area (Å²) >= 11 is 0. The lowest BCUT2D eigenvalue weighted by atomic mass is 10.0. The second-order valence-corrected chi connectivity index (χ2v) is 2.78. The molecule has 54 valence electrons. The van der Waals surface area contributed by atoms with Crippen LogP contribution >= 0.6 is 0 Å². The molecule has 1 aliphatic rings. The monoisotopic (exact) mass is 130 g/mol. The molecule has 0 aliphatic carbocycles. The number of likely N-dealkylation sites (N-methyl/N-ethyl adjacent to an activating group) is 1. The summed E-state index contributed by atoms with van der Waals surface area (Å²) in [6.07, 6.45) is 0.598. The van der Waals surface area contributed by atoms with Gasteiger partial charge >= 0.3 is 0 Å². The van der Waals surface area contributed by atoms with Crippen LogP contribution in [0.4, 0.5) is 0 Å². The fraction of sp³-hybridized carbons (Fsp3) is 1.00. The normalized spacial score (nSPS) is 39.0. The van der Waals surface area contributed by atoms with Crippen molar-refractivity contribution in [1.29, 1.82) is 0 Å². The van der Waals surface area contributed by atoms with Gasteiger partial charge < -0.3 is 15.7 Å². The molecule has 0 aromatic heterocycles. The lowest BCUT2D eigenvalue weighted by Gasteiger charge is -2.31. The highest BCUT2D eigenvalue weighted by molar-refractivity contribution is 4.80. The van der Waals surface area contributed by atoms with E-state index in [0.29, 0.717) is 0 Å². The Morgan fingerprint density at radius 2 is 2.33 bits per heavy atom. The number of β-amino-alcohol motifs (C(OH)–C–C–N with tert-alkyl or cyclic N) is 1. The highest BCUT2D eigenvalue weighted by atomic mass is 16.3. The molecule has 0 aromatic carbocycles. The molecular weight excluding hydrogens is 116 g/mol. The highest BCUT2D eigenvalue weighted by Gasteiger charge is 2.21. The number of hydrogen-bond donors (Lipinski definition) is 2. The van der Waals surface area contributed by atoms with Crippen molar-refractivity contribution in [3.05, 3.63) is 0 Å². The molecule has 9 heavy (non-hydrogen) atoms. The van der Waals surface area contributed by atoms with Crippen molar-refractivity contribution in [2.45, 2.75) is 18.6 Å². The number of piperidine rings is 1. The van der Waals surface area contributed by atoms with Gasteiger partial charge in [-0.25, -0.2) is 0 Å². The van der Waals surface area contributed by atoms with E-state index in [4.69, 9.17) is 5.73 Å².